The first-order chi connectivity index (χ1) is 43.9. The van der Waals surface area contributed by atoms with Crippen LogP contribution in [0.2, 0.25) is 0 Å². The summed E-state index contributed by atoms with van der Waals surface area (Å²) in [5.41, 5.74) is 0. The van der Waals surface area contributed by atoms with Crippen LogP contribution in [0.4, 0.5) is 0 Å². The number of esters is 4. The lowest BCUT2D eigenvalue weighted by Gasteiger charge is -2.21. The first-order valence-electron chi connectivity index (χ1n) is 37.5. The smallest absolute Gasteiger partial charge is 0.462 e. The molecule has 91 heavy (non-hydrogen) atoms. The number of phosphoric acid groups is 2. The number of aliphatic hydroxyl groups excluding tert-OH is 1. The Bertz CT molecular complexity index is 1770. The summed E-state index contributed by atoms with van der Waals surface area (Å²) in [5, 5.41) is 10.6. The predicted octanol–water partition coefficient (Wildman–Crippen LogP) is 20.8. The molecule has 17 nitrogen and oxygen atoms in total. The highest BCUT2D eigenvalue weighted by Gasteiger charge is 2.30. The number of rotatable bonds is 71. The van der Waals surface area contributed by atoms with Crippen LogP contribution in [-0.4, -0.2) is 96.7 Å². The normalized spacial score (nSPS) is 14.1. The molecule has 0 saturated heterocycles. The second-order valence-electron chi connectivity index (χ2n) is 26.9. The van der Waals surface area contributed by atoms with Crippen molar-refractivity contribution < 1.29 is 80.2 Å². The van der Waals surface area contributed by atoms with Crippen molar-refractivity contribution in [1.82, 2.24) is 0 Å². The summed E-state index contributed by atoms with van der Waals surface area (Å²) >= 11 is 0. The van der Waals surface area contributed by atoms with Crippen molar-refractivity contribution in [2.24, 2.45) is 11.8 Å². The summed E-state index contributed by atoms with van der Waals surface area (Å²) in [4.78, 5) is 72.6. The molecule has 0 fully saturated rings. The molecule has 2 unspecified atom stereocenters. The van der Waals surface area contributed by atoms with Gasteiger partial charge in [-0.1, -0.05) is 318 Å². The maximum atomic E-state index is 13.0. The Hall–Kier alpha value is -1.94. The van der Waals surface area contributed by atoms with Gasteiger partial charge in [0.15, 0.2) is 12.2 Å². The molecule has 19 heteroatoms. The van der Waals surface area contributed by atoms with E-state index in [1.807, 2.05) is 0 Å². The average Bonchev–Trinajstić information content (AvgIpc) is 3.72. The number of phosphoric ester groups is 2. The lowest BCUT2D eigenvalue weighted by atomic mass is 10.0. The molecule has 0 rings (SSSR count). The van der Waals surface area contributed by atoms with Crippen LogP contribution in [-0.2, 0) is 65.4 Å². The maximum absolute atomic E-state index is 13.0. The predicted molar refractivity (Wildman–Crippen MR) is 368 cm³/mol. The Kier molecular flexibility index (Phi) is 62.7. The van der Waals surface area contributed by atoms with E-state index in [4.69, 9.17) is 37.0 Å². The molecule has 5 atom stereocenters. The molecule has 3 N–H and O–H groups in total. The molecule has 0 bridgehead atoms. The monoisotopic (exact) mass is 1340 g/mol. The van der Waals surface area contributed by atoms with Gasteiger partial charge in [-0.2, -0.15) is 0 Å². The minimum Gasteiger partial charge on any atom is -0.462 e. The van der Waals surface area contributed by atoms with Gasteiger partial charge < -0.3 is 33.8 Å². The molecule has 0 aliphatic rings. The summed E-state index contributed by atoms with van der Waals surface area (Å²) in [6.45, 7) is 9.57. The molecule has 0 aromatic rings. The number of carbonyl (C=O) groups is 4. The Balaban J connectivity index is 5.25. The molecule has 0 radical (unpaired) electrons. The van der Waals surface area contributed by atoms with E-state index in [1.165, 1.54) is 186 Å². The number of hydrogen-bond donors (Lipinski definition) is 3. The minimum absolute atomic E-state index is 0.107. The van der Waals surface area contributed by atoms with Crippen LogP contribution in [0, 0.1) is 11.8 Å². The molecule has 0 aromatic heterocycles. The van der Waals surface area contributed by atoms with Gasteiger partial charge in [0.25, 0.3) is 0 Å². The Morgan fingerprint density at radius 1 is 0.297 bits per heavy atom. The highest BCUT2D eigenvalue weighted by atomic mass is 31.2. The zero-order chi connectivity index (χ0) is 67.2. The summed E-state index contributed by atoms with van der Waals surface area (Å²) in [5.74, 6) is -0.574. The molecule has 0 saturated carbocycles. The second-order valence-corrected chi connectivity index (χ2v) is 29.8. The number of hydrogen-bond acceptors (Lipinski definition) is 15. The zero-order valence-electron chi connectivity index (χ0n) is 59.1. The second kappa shape index (κ2) is 64.1. The third-order valence-electron chi connectivity index (χ3n) is 16.7. The van der Waals surface area contributed by atoms with E-state index in [-0.39, 0.29) is 25.7 Å². The number of unbranched alkanes of at least 4 members (excludes halogenated alkanes) is 41. The first kappa shape index (κ1) is 89.1. The highest BCUT2D eigenvalue weighted by molar-refractivity contribution is 7.47. The summed E-state index contributed by atoms with van der Waals surface area (Å²) < 4.78 is 68.4. The largest absolute Gasteiger partial charge is 0.472 e. The van der Waals surface area contributed by atoms with Crippen molar-refractivity contribution in [2.75, 3.05) is 39.6 Å². The fourth-order valence-corrected chi connectivity index (χ4v) is 12.5. The van der Waals surface area contributed by atoms with E-state index in [9.17, 15) is 43.2 Å². The Morgan fingerprint density at radius 3 is 0.747 bits per heavy atom. The number of aliphatic hydroxyl groups is 1. The molecule has 0 aromatic carbocycles. The fourth-order valence-electron chi connectivity index (χ4n) is 10.9. The van der Waals surface area contributed by atoms with Crippen LogP contribution in [0.15, 0.2) is 0 Å². The Labute approximate surface area is 556 Å². The molecule has 0 aliphatic heterocycles. The molecule has 540 valence electrons. The van der Waals surface area contributed by atoms with Crippen molar-refractivity contribution >= 4 is 39.5 Å². The van der Waals surface area contributed by atoms with Crippen molar-refractivity contribution in [3.63, 3.8) is 0 Å². The van der Waals surface area contributed by atoms with Crippen LogP contribution in [0.3, 0.4) is 0 Å². The van der Waals surface area contributed by atoms with Gasteiger partial charge in [-0.05, 0) is 37.5 Å². The quantitative estimate of drug-likeness (QED) is 0.0222. The molecule has 0 aliphatic carbocycles. The van der Waals surface area contributed by atoms with Crippen molar-refractivity contribution in [3.8, 4) is 0 Å². The SMILES string of the molecule is CCCCCCCCCCCCCC(=O)OC[C@H](COP(=O)(O)OC[C@H](O)COP(=O)(O)OC[C@@H](COC(=O)CCCCCCCCCCCCC(C)C)OC(=O)CCCCCCCCCCCCCCCC(C)C)OC(=O)CCCCCCCCCCCCC. The molecule has 0 spiro atoms. The van der Waals surface area contributed by atoms with E-state index in [0.717, 1.165) is 102 Å². The minimum atomic E-state index is -4.95. The van der Waals surface area contributed by atoms with E-state index in [2.05, 4.69) is 41.5 Å². The van der Waals surface area contributed by atoms with E-state index >= 15 is 0 Å². The Morgan fingerprint density at radius 2 is 0.505 bits per heavy atom. The van der Waals surface area contributed by atoms with Gasteiger partial charge in [0.2, 0.25) is 0 Å². The fraction of sp³-hybridized carbons (Fsp3) is 0.944. The molecular weight excluding hydrogens is 1200 g/mol. The maximum Gasteiger partial charge on any atom is 0.472 e. The van der Waals surface area contributed by atoms with Crippen molar-refractivity contribution in [1.29, 1.82) is 0 Å². The van der Waals surface area contributed by atoms with Gasteiger partial charge in [-0.3, -0.25) is 37.3 Å². The summed E-state index contributed by atoms with van der Waals surface area (Å²) in [7, 11) is -9.90. The first-order valence-corrected chi connectivity index (χ1v) is 40.5. The molecule has 0 amide bonds. The lowest BCUT2D eigenvalue weighted by molar-refractivity contribution is -0.161. The lowest BCUT2D eigenvalue weighted by Crippen LogP contribution is -2.30. The molecular formula is C72H140O17P2. The van der Waals surface area contributed by atoms with Crippen LogP contribution in [0.5, 0.6) is 0 Å². The van der Waals surface area contributed by atoms with Gasteiger partial charge in [0, 0.05) is 25.7 Å². The number of carbonyl (C=O) groups excluding carboxylic acids is 4. The highest BCUT2D eigenvalue weighted by Crippen LogP contribution is 2.45. The van der Waals surface area contributed by atoms with E-state index < -0.39 is 97.5 Å². The van der Waals surface area contributed by atoms with Gasteiger partial charge in [-0.15, -0.1) is 0 Å². The molecule has 0 heterocycles. The van der Waals surface area contributed by atoms with Crippen LogP contribution >= 0.6 is 15.6 Å². The van der Waals surface area contributed by atoms with Crippen molar-refractivity contribution in [3.05, 3.63) is 0 Å². The van der Waals surface area contributed by atoms with Crippen LogP contribution in [0.1, 0.15) is 369 Å². The average molecular weight is 1340 g/mol. The van der Waals surface area contributed by atoms with Gasteiger partial charge in [0.05, 0.1) is 26.4 Å². The van der Waals surface area contributed by atoms with Gasteiger partial charge >= 0.3 is 39.5 Å². The van der Waals surface area contributed by atoms with Crippen molar-refractivity contribution in [2.45, 2.75) is 387 Å². The van der Waals surface area contributed by atoms with Crippen LogP contribution in [0.25, 0.3) is 0 Å². The summed E-state index contributed by atoms with van der Waals surface area (Å²) in [6, 6.07) is 0. The standard InChI is InChI=1S/C72H140O17P2/c1-7-9-11-13-15-17-22-30-36-42-48-54-69(74)82-60-67(88-71(76)56-50-44-38-32-23-18-16-14-12-10-8-2)62-86-90(78,79)84-58-66(73)59-85-91(80,81)87-63-68(61-83-70(75)55-49-43-37-31-27-26-29-35-41-47-53-65(5)6)89-72(77)57-51-45-39-33-25-21-19-20-24-28-34-40-46-52-64(3)4/h64-68,73H,7-63H2,1-6H3,(H,78,79)(H,80,81)/t66-,67+,68+/m0/s1. The van der Waals surface area contributed by atoms with Crippen LogP contribution < -0.4 is 0 Å². The van der Waals surface area contributed by atoms with E-state index in [1.54, 1.807) is 0 Å². The third-order valence-corrected chi connectivity index (χ3v) is 18.6. The number of ether oxygens (including phenoxy) is 4. The summed E-state index contributed by atoms with van der Waals surface area (Å²) in [6.07, 6.45) is 49.8. The third kappa shape index (κ3) is 66.5. The zero-order valence-corrected chi connectivity index (χ0v) is 60.9. The van der Waals surface area contributed by atoms with Gasteiger partial charge in [-0.25, -0.2) is 9.13 Å². The topological polar surface area (TPSA) is 237 Å². The van der Waals surface area contributed by atoms with E-state index in [0.29, 0.717) is 25.7 Å². The van der Waals surface area contributed by atoms with Gasteiger partial charge in [0.1, 0.15) is 19.3 Å².